The van der Waals surface area contributed by atoms with Gasteiger partial charge in [0.15, 0.2) is 5.78 Å². The maximum atomic E-state index is 12.3. The first kappa shape index (κ1) is 15.3. The Balaban J connectivity index is 2.10. The second-order valence-corrected chi connectivity index (χ2v) is 5.51. The molecule has 2 aliphatic rings. The van der Waals surface area contributed by atoms with E-state index in [0.29, 0.717) is 12.8 Å². The number of carbonyl (C=O) groups excluding carboxylic acids is 3. The van der Waals surface area contributed by atoms with E-state index in [2.05, 4.69) is 4.74 Å². The van der Waals surface area contributed by atoms with Gasteiger partial charge in [0.2, 0.25) is 11.4 Å². The van der Waals surface area contributed by atoms with Crippen LogP contribution in [0, 0.1) is 5.92 Å². The third kappa shape index (κ3) is 2.54. The Bertz CT molecular complexity index is 427. The van der Waals surface area contributed by atoms with Crippen LogP contribution in [0.25, 0.3) is 0 Å². The highest BCUT2D eigenvalue weighted by Gasteiger charge is 2.50. The molecule has 0 aromatic carbocycles. The Hall–Kier alpha value is -1.14. The molecule has 0 bridgehead atoms. The molecule has 0 radical (unpaired) electrons. The first-order chi connectivity index (χ1) is 9.51. The first-order valence-electron chi connectivity index (χ1n) is 6.60. The number of β-lactam (4-membered cyclic amide) rings is 1. The van der Waals surface area contributed by atoms with Crippen LogP contribution >= 0.6 is 11.6 Å². The van der Waals surface area contributed by atoms with E-state index in [-0.39, 0.29) is 30.1 Å². The van der Waals surface area contributed by atoms with Crippen molar-refractivity contribution in [3.05, 3.63) is 0 Å². The van der Waals surface area contributed by atoms with E-state index in [1.807, 2.05) is 0 Å². The van der Waals surface area contributed by atoms with Crippen LogP contribution in [0.4, 0.5) is 0 Å². The molecule has 20 heavy (non-hydrogen) atoms. The Morgan fingerprint density at radius 2 is 2.05 bits per heavy atom. The number of ether oxygens (including phenoxy) is 2. The van der Waals surface area contributed by atoms with E-state index >= 15 is 0 Å². The molecule has 0 spiro atoms. The average molecular weight is 304 g/mol. The SMILES string of the molecule is COC(=O)C(Cl)N1C(=O)C[C@H]1[C@H]1CCC[C@H](OC)C1=O. The Morgan fingerprint density at radius 3 is 2.60 bits per heavy atom. The van der Waals surface area contributed by atoms with Crippen molar-refractivity contribution >= 4 is 29.3 Å². The van der Waals surface area contributed by atoms with Crippen LogP contribution in [-0.2, 0) is 23.9 Å². The Kier molecular flexibility index (Phi) is 4.65. The number of amides is 1. The molecule has 4 atom stereocenters. The second kappa shape index (κ2) is 6.10. The summed E-state index contributed by atoms with van der Waals surface area (Å²) in [5.74, 6) is -1.23. The first-order valence-corrected chi connectivity index (χ1v) is 7.04. The number of ketones is 1. The van der Waals surface area contributed by atoms with Gasteiger partial charge in [-0.3, -0.25) is 9.59 Å². The summed E-state index contributed by atoms with van der Waals surface area (Å²) in [6, 6.07) is -0.324. The van der Waals surface area contributed by atoms with Crippen molar-refractivity contribution < 1.29 is 23.9 Å². The minimum absolute atomic E-state index is 0.00465. The van der Waals surface area contributed by atoms with Crippen LogP contribution < -0.4 is 0 Å². The maximum absolute atomic E-state index is 12.3. The number of halogens is 1. The summed E-state index contributed by atoms with van der Waals surface area (Å²) in [5.41, 5.74) is -1.16. The fraction of sp³-hybridized carbons (Fsp3) is 0.769. The predicted octanol–water partition coefficient (Wildman–Crippen LogP) is 0.709. The van der Waals surface area contributed by atoms with Crippen LogP contribution in [0.15, 0.2) is 0 Å². The van der Waals surface area contributed by atoms with Gasteiger partial charge in [-0.05, 0) is 19.3 Å². The molecule has 2 fully saturated rings. The van der Waals surface area contributed by atoms with Gasteiger partial charge >= 0.3 is 5.97 Å². The largest absolute Gasteiger partial charge is 0.467 e. The number of hydrogen-bond donors (Lipinski definition) is 0. The van der Waals surface area contributed by atoms with Gasteiger partial charge in [0.25, 0.3) is 0 Å². The number of likely N-dealkylation sites (tertiary alicyclic amines) is 1. The third-order valence-electron chi connectivity index (χ3n) is 4.08. The molecule has 1 saturated heterocycles. The minimum Gasteiger partial charge on any atom is -0.467 e. The topological polar surface area (TPSA) is 72.9 Å². The average Bonchev–Trinajstić information content (AvgIpc) is 2.44. The van der Waals surface area contributed by atoms with Gasteiger partial charge in [-0.2, -0.15) is 0 Å². The number of carbonyl (C=O) groups is 3. The standard InChI is InChI=1S/C13H18ClNO5/c1-19-9-5-3-4-7(11(9)17)8-6-10(16)15(8)12(14)13(18)20-2/h7-9,12H,3-6H2,1-2H3/t7-,8+,9+,12?/m1/s1. The highest BCUT2D eigenvalue weighted by Crippen LogP contribution is 2.36. The monoisotopic (exact) mass is 303 g/mol. The lowest BCUT2D eigenvalue weighted by molar-refractivity contribution is -0.165. The van der Waals surface area contributed by atoms with Crippen molar-refractivity contribution in [1.82, 2.24) is 4.90 Å². The summed E-state index contributed by atoms with van der Waals surface area (Å²) in [6.07, 6.45) is 2.08. The molecular weight excluding hydrogens is 286 g/mol. The Labute approximate surface area is 122 Å². The van der Waals surface area contributed by atoms with E-state index in [1.54, 1.807) is 0 Å². The van der Waals surface area contributed by atoms with Crippen molar-refractivity contribution in [2.75, 3.05) is 14.2 Å². The lowest BCUT2D eigenvalue weighted by atomic mass is 9.76. The van der Waals surface area contributed by atoms with E-state index < -0.39 is 17.6 Å². The highest BCUT2D eigenvalue weighted by atomic mass is 35.5. The number of Topliss-reactive ketones (excluding diaryl/α,β-unsaturated/α-hetero) is 1. The summed E-state index contributed by atoms with van der Waals surface area (Å²) in [6.45, 7) is 0. The molecule has 0 aromatic heterocycles. The van der Waals surface area contributed by atoms with Crippen molar-refractivity contribution in [3.63, 3.8) is 0 Å². The van der Waals surface area contributed by atoms with E-state index in [0.717, 1.165) is 6.42 Å². The molecule has 1 amide bonds. The van der Waals surface area contributed by atoms with E-state index in [4.69, 9.17) is 16.3 Å². The number of methoxy groups -OCH3 is 2. The lowest BCUT2D eigenvalue weighted by Gasteiger charge is -2.47. The van der Waals surface area contributed by atoms with Crippen LogP contribution in [0.2, 0.25) is 0 Å². The van der Waals surface area contributed by atoms with Crippen molar-refractivity contribution in [1.29, 1.82) is 0 Å². The molecular formula is C13H18ClNO5. The zero-order valence-electron chi connectivity index (χ0n) is 11.5. The van der Waals surface area contributed by atoms with Crippen molar-refractivity contribution in [2.24, 2.45) is 5.92 Å². The lowest BCUT2D eigenvalue weighted by Crippen LogP contribution is -2.63. The second-order valence-electron chi connectivity index (χ2n) is 5.10. The fourth-order valence-electron chi connectivity index (χ4n) is 2.96. The van der Waals surface area contributed by atoms with Gasteiger partial charge < -0.3 is 14.4 Å². The number of rotatable bonds is 4. The third-order valence-corrected chi connectivity index (χ3v) is 4.47. The molecule has 0 N–H and O–H groups in total. The molecule has 112 valence electrons. The van der Waals surface area contributed by atoms with Gasteiger partial charge in [-0.15, -0.1) is 0 Å². The minimum atomic E-state index is -1.16. The predicted molar refractivity (Wildman–Crippen MR) is 70.1 cm³/mol. The summed E-state index contributed by atoms with van der Waals surface area (Å²) < 4.78 is 9.71. The van der Waals surface area contributed by atoms with Gasteiger partial charge in [-0.1, -0.05) is 11.6 Å². The van der Waals surface area contributed by atoms with Gasteiger partial charge in [0.1, 0.15) is 6.10 Å². The Morgan fingerprint density at radius 1 is 1.35 bits per heavy atom. The van der Waals surface area contributed by atoms with Gasteiger partial charge in [-0.25, -0.2) is 4.79 Å². The van der Waals surface area contributed by atoms with Crippen LogP contribution in [0.5, 0.6) is 0 Å². The normalized spacial score (nSPS) is 31.8. The molecule has 1 unspecified atom stereocenters. The molecule has 1 heterocycles. The van der Waals surface area contributed by atoms with E-state index in [9.17, 15) is 14.4 Å². The smallest absolute Gasteiger partial charge is 0.344 e. The molecule has 1 aliphatic heterocycles. The molecule has 6 nitrogen and oxygen atoms in total. The quantitative estimate of drug-likeness (QED) is 0.331. The summed E-state index contributed by atoms with van der Waals surface area (Å²) in [4.78, 5) is 36.7. The molecule has 1 aliphatic carbocycles. The van der Waals surface area contributed by atoms with Crippen molar-refractivity contribution in [2.45, 2.75) is 43.3 Å². The zero-order chi connectivity index (χ0) is 14.9. The number of hydrogen-bond acceptors (Lipinski definition) is 5. The zero-order valence-corrected chi connectivity index (χ0v) is 12.3. The maximum Gasteiger partial charge on any atom is 0.344 e. The molecule has 0 aromatic rings. The molecule has 7 heteroatoms. The number of alkyl halides is 1. The highest BCUT2D eigenvalue weighted by molar-refractivity contribution is 6.30. The van der Waals surface area contributed by atoms with E-state index in [1.165, 1.54) is 19.1 Å². The van der Waals surface area contributed by atoms with Crippen LogP contribution in [0.1, 0.15) is 25.7 Å². The van der Waals surface area contributed by atoms with Crippen molar-refractivity contribution in [3.8, 4) is 0 Å². The number of esters is 1. The molecule has 1 saturated carbocycles. The fourth-order valence-corrected chi connectivity index (χ4v) is 3.30. The summed E-state index contributed by atoms with van der Waals surface area (Å²) in [5, 5.41) is 0. The number of nitrogens with zero attached hydrogens (tertiary/aromatic N) is 1. The van der Waals surface area contributed by atoms with Gasteiger partial charge in [0.05, 0.1) is 13.2 Å². The van der Waals surface area contributed by atoms with Crippen LogP contribution in [0.3, 0.4) is 0 Å². The summed E-state index contributed by atoms with van der Waals surface area (Å²) >= 11 is 5.95. The summed E-state index contributed by atoms with van der Waals surface area (Å²) in [7, 11) is 2.72. The van der Waals surface area contributed by atoms with Gasteiger partial charge in [0, 0.05) is 19.4 Å². The molecule has 2 rings (SSSR count). The van der Waals surface area contributed by atoms with Crippen LogP contribution in [-0.4, -0.2) is 54.4 Å².